The first-order valence-electron chi connectivity index (χ1n) is 8.44. The molecule has 0 aliphatic heterocycles. The summed E-state index contributed by atoms with van der Waals surface area (Å²) < 4.78 is 13.2. The molecule has 2 amide bonds. The Morgan fingerprint density at radius 2 is 1.76 bits per heavy atom. The Kier molecular flexibility index (Phi) is 4.83. The first kappa shape index (κ1) is 17.1. The zero-order valence-corrected chi connectivity index (χ0v) is 13.9. The van der Waals surface area contributed by atoms with E-state index in [9.17, 15) is 14.0 Å². The Morgan fingerprint density at radius 3 is 2.40 bits per heavy atom. The molecule has 1 fully saturated rings. The van der Waals surface area contributed by atoms with Gasteiger partial charge in [-0.1, -0.05) is 37.1 Å². The minimum atomic E-state index is -0.602. The van der Waals surface area contributed by atoms with E-state index >= 15 is 0 Å². The molecule has 0 atom stereocenters. The molecule has 5 heteroatoms. The molecule has 0 bridgehead atoms. The molecule has 1 saturated carbocycles. The van der Waals surface area contributed by atoms with Crippen LogP contribution in [0.3, 0.4) is 0 Å². The van der Waals surface area contributed by atoms with Gasteiger partial charge in [0.2, 0.25) is 11.8 Å². The third kappa shape index (κ3) is 3.55. The summed E-state index contributed by atoms with van der Waals surface area (Å²) in [4.78, 5) is 24.2. The average Bonchev–Trinajstić information content (AvgIpc) is 3.11. The predicted molar refractivity (Wildman–Crippen MR) is 93.4 cm³/mol. The number of hydrogen-bond donors (Lipinski definition) is 2. The van der Waals surface area contributed by atoms with E-state index in [2.05, 4.69) is 5.32 Å². The fraction of sp³-hybridized carbons (Fsp3) is 0.300. The van der Waals surface area contributed by atoms with Gasteiger partial charge < -0.3 is 11.1 Å². The second kappa shape index (κ2) is 7.05. The minimum Gasteiger partial charge on any atom is -0.366 e. The molecule has 0 unspecified atom stereocenters. The van der Waals surface area contributed by atoms with Crippen LogP contribution in [0.1, 0.15) is 47.2 Å². The van der Waals surface area contributed by atoms with E-state index in [1.54, 1.807) is 30.3 Å². The Balaban J connectivity index is 1.77. The quantitative estimate of drug-likeness (QED) is 0.878. The zero-order chi connectivity index (χ0) is 17.9. The van der Waals surface area contributed by atoms with Gasteiger partial charge in [0.1, 0.15) is 5.82 Å². The van der Waals surface area contributed by atoms with Crippen LogP contribution >= 0.6 is 0 Å². The third-order valence-corrected chi connectivity index (χ3v) is 4.95. The van der Waals surface area contributed by atoms with Gasteiger partial charge in [-0.05, 0) is 48.2 Å². The lowest BCUT2D eigenvalue weighted by molar-refractivity contribution is -0.126. The Morgan fingerprint density at radius 1 is 1.08 bits per heavy atom. The molecule has 4 nitrogen and oxygen atoms in total. The standard InChI is InChI=1S/C20H21FN2O2/c21-17-8-6-16(7-9-17)20(10-1-2-11-20)19(25)23-13-14-4-3-5-15(12-14)18(22)24/h3-9,12H,1-2,10-11,13H2,(H2,22,24)(H,23,25). The van der Waals surface area contributed by atoms with Crippen molar-refractivity contribution in [1.82, 2.24) is 5.32 Å². The van der Waals surface area contributed by atoms with Crippen LogP contribution in [-0.4, -0.2) is 11.8 Å². The van der Waals surface area contributed by atoms with Crippen LogP contribution in [0.25, 0.3) is 0 Å². The van der Waals surface area contributed by atoms with Crippen molar-refractivity contribution in [3.8, 4) is 0 Å². The number of hydrogen-bond acceptors (Lipinski definition) is 2. The number of nitrogens with one attached hydrogen (secondary N) is 1. The molecule has 0 spiro atoms. The van der Waals surface area contributed by atoms with Crippen molar-refractivity contribution < 1.29 is 14.0 Å². The van der Waals surface area contributed by atoms with Gasteiger partial charge in [0.25, 0.3) is 0 Å². The van der Waals surface area contributed by atoms with Crippen LogP contribution < -0.4 is 11.1 Å². The molecule has 1 aliphatic rings. The maximum atomic E-state index is 13.2. The summed E-state index contributed by atoms with van der Waals surface area (Å²) in [5.41, 5.74) is 6.78. The molecule has 25 heavy (non-hydrogen) atoms. The number of primary amides is 1. The number of rotatable bonds is 5. The van der Waals surface area contributed by atoms with E-state index < -0.39 is 11.3 Å². The molecule has 0 heterocycles. The van der Waals surface area contributed by atoms with Crippen LogP contribution in [0, 0.1) is 5.82 Å². The van der Waals surface area contributed by atoms with Crippen molar-refractivity contribution >= 4 is 11.8 Å². The summed E-state index contributed by atoms with van der Waals surface area (Å²) in [6, 6.07) is 13.1. The van der Waals surface area contributed by atoms with Crippen molar-refractivity contribution in [3.05, 3.63) is 71.0 Å². The van der Waals surface area contributed by atoms with Crippen molar-refractivity contribution in [2.45, 2.75) is 37.6 Å². The summed E-state index contributed by atoms with van der Waals surface area (Å²) in [5.74, 6) is -0.853. The number of halogens is 1. The Bertz CT molecular complexity index is 781. The Labute approximate surface area is 146 Å². The van der Waals surface area contributed by atoms with E-state index in [1.165, 1.54) is 12.1 Å². The summed E-state index contributed by atoms with van der Waals surface area (Å²) >= 11 is 0. The maximum absolute atomic E-state index is 13.2. The molecule has 1 aliphatic carbocycles. The van der Waals surface area contributed by atoms with Crippen molar-refractivity contribution in [2.75, 3.05) is 0 Å². The fourth-order valence-corrected chi connectivity index (χ4v) is 3.58. The highest BCUT2D eigenvalue weighted by atomic mass is 19.1. The van der Waals surface area contributed by atoms with Gasteiger partial charge in [0, 0.05) is 12.1 Å². The molecular weight excluding hydrogens is 319 g/mol. The van der Waals surface area contributed by atoms with Crippen LogP contribution in [-0.2, 0) is 16.8 Å². The van der Waals surface area contributed by atoms with Gasteiger partial charge in [-0.2, -0.15) is 0 Å². The first-order chi connectivity index (χ1) is 12.0. The van der Waals surface area contributed by atoms with Gasteiger partial charge in [-0.15, -0.1) is 0 Å². The normalized spacial score (nSPS) is 15.7. The molecule has 2 aromatic rings. The largest absolute Gasteiger partial charge is 0.366 e. The smallest absolute Gasteiger partial charge is 0.248 e. The van der Waals surface area contributed by atoms with Gasteiger partial charge in [0.15, 0.2) is 0 Å². The van der Waals surface area contributed by atoms with Gasteiger partial charge in [-0.3, -0.25) is 9.59 Å². The second-order valence-electron chi connectivity index (χ2n) is 6.54. The average molecular weight is 340 g/mol. The van der Waals surface area contributed by atoms with E-state index in [0.29, 0.717) is 12.1 Å². The predicted octanol–water partition coefficient (Wildman–Crippen LogP) is 3.05. The number of carbonyl (C=O) groups is 2. The third-order valence-electron chi connectivity index (χ3n) is 4.95. The van der Waals surface area contributed by atoms with Crippen LogP contribution in [0.15, 0.2) is 48.5 Å². The monoisotopic (exact) mass is 340 g/mol. The number of nitrogens with two attached hydrogens (primary N) is 1. The van der Waals surface area contributed by atoms with E-state index in [1.807, 2.05) is 6.07 Å². The molecule has 0 saturated heterocycles. The topological polar surface area (TPSA) is 72.2 Å². The van der Waals surface area contributed by atoms with Crippen LogP contribution in [0.5, 0.6) is 0 Å². The summed E-state index contributed by atoms with van der Waals surface area (Å²) in [7, 11) is 0. The number of carbonyl (C=O) groups excluding carboxylic acids is 2. The van der Waals surface area contributed by atoms with Crippen LogP contribution in [0.4, 0.5) is 4.39 Å². The van der Waals surface area contributed by atoms with Crippen molar-refractivity contribution in [3.63, 3.8) is 0 Å². The summed E-state index contributed by atoms with van der Waals surface area (Å²) in [6.07, 6.45) is 3.46. The highest BCUT2D eigenvalue weighted by Gasteiger charge is 2.42. The van der Waals surface area contributed by atoms with Gasteiger partial charge >= 0.3 is 0 Å². The molecule has 3 rings (SSSR count). The molecule has 130 valence electrons. The van der Waals surface area contributed by atoms with Crippen LogP contribution in [0.2, 0.25) is 0 Å². The summed E-state index contributed by atoms with van der Waals surface area (Å²) in [5, 5.41) is 2.98. The van der Waals surface area contributed by atoms with Gasteiger partial charge in [0.05, 0.1) is 5.41 Å². The highest BCUT2D eigenvalue weighted by Crippen LogP contribution is 2.41. The van der Waals surface area contributed by atoms with E-state index in [0.717, 1.165) is 36.8 Å². The Hall–Kier alpha value is -2.69. The van der Waals surface area contributed by atoms with Gasteiger partial charge in [-0.25, -0.2) is 4.39 Å². The molecule has 2 aromatic carbocycles. The van der Waals surface area contributed by atoms with E-state index in [4.69, 9.17) is 5.73 Å². The van der Waals surface area contributed by atoms with Crippen molar-refractivity contribution in [2.24, 2.45) is 5.73 Å². The maximum Gasteiger partial charge on any atom is 0.248 e. The lowest BCUT2D eigenvalue weighted by atomic mass is 9.78. The SMILES string of the molecule is NC(=O)c1cccc(CNC(=O)C2(c3ccc(F)cc3)CCCC2)c1. The lowest BCUT2D eigenvalue weighted by Crippen LogP contribution is -2.42. The highest BCUT2D eigenvalue weighted by molar-refractivity contribution is 5.93. The summed E-state index contributed by atoms with van der Waals surface area (Å²) in [6.45, 7) is 0.322. The molecular formula is C20H21FN2O2. The second-order valence-corrected chi connectivity index (χ2v) is 6.54. The molecule has 3 N–H and O–H groups in total. The number of benzene rings is 2. The first-order valence-corrected chi connectivity index (χ1v) is 8.44. The minimum absolute atomic E-state index is 0.0545. The molecule has 0 aromatic heterocycles. The lowest BCUT2D eigenvalue weighted by Gasteiger charge is -2.28. The van der Waals surface area contributed by atoms with E-state index in [-0.39, 0.29) is 11.7 Å². The fourth-order valence-electron chi connectivity index (χ4n) is 3.58. The van der Waals surface area contributed by atoms with Crippen molar-refractivity contribution in [1.29, 1.82) is 0 Å². The zero-order valence-electron chi connectivity index (χ0n) is 13.9. The molecule has 0 radical (unpaired) electrons. The number of amides is 2.